The van der Waals surface area contributed by atoms with Crippen molar-refractivity contribution in [2.45, 2.75) is 26.2 Å². The van der Waals surface area contributed by atoms with Gasteiger partial charge in [0.2, 0.25) is 0 Å². The molecular weight excluding hydrogens is 264 g/mol. The summed E-state index contributed by atoms with van der Waals surface area (Å²) < 4.78 is 1.46. The molecule has 108 valence electrons. The third-order valence-electron chi connectivity index (χ3n) is 3.49. The van der Waals surface area contributed by atoms with E-state index in [1.807, 2.05) is 45.0 Å². The van der Waals surface area contributed by atoms with E-state index in [2.05, 4.69) is 10.1 Å². The fourth-order valence-corrected chi connectivity index (χ4v) is 2.24. The number of nitrogens with one attached hydrogen (secondary N) is 1. The smallest absolute Gasteiger partial charge is 0.272 e. The number of hydrogen-bond donors (Lipinski definition) is 2. The van der Waals surface area contributed by atoms with Crippen LogP contribution in [0.2, 0.25) is 0 Å². The van der Waals surface area contributed by atoms with Gasteiger partial charge in [0.25, 0.3) is 5.56 Å². The zero-order chi connectivity index (χ0) is 15.2. The molecule has 21 heavy (non-hydrogen) atoms. The second kappa shape index (κ2) is 4.48. The molecule has 0 fully saturated rings. The molecule has 0 atom stereocenters. The van der Waals surface area contributed by atoms with E-state index in [1.54, 1.807) is 12.3 Å². The van der Waals surface area contributed by atoms with Gasteiger partial charge in [-0.15, -0.1) is 0 Å². The average molecular weight is 282 g/mol. The average Bonchev–Trinajstić information content (AvgIpc) is 2.83. The molecular formula is C16H18N4O. The molecule has 3 aromatic rings. The molecule has 0 aliphatic carbocycles. The van der Waals surface area contributed by atoms with Crippen LogP contribution in [0, 0.1) is 0 Å². The topological polar surface area (TPSA) is 76.2 Å². The summed E-state index contributed by atoms with van der Waals surface area (Å²) in [5.41, 5.74) is 9.42. The third kappa shape index (κ3) is 2.31. The van der Waals surface area contributed by atoms with Crippen LogP contribution in [0.1, 0.15) is 26.5 Å². The molecule has 5 nitrogen and oxygen atoms in total. The monoisotopic (exact) mass is 282 g/mol. The summed E-state index contributed by atoms with van der Waals surface area (Å²) in [6.07, 6.45) is 1.79. The molecule has 0 spiro atoms. The van der Waals surface area contributed by atoms with Gasteiger partial charge in [0.15, 0.2) is 5.65 Å². The van der Waals surface area contributed by atoms with Gasteiger partial charge in [-0.1, -0.05) is 32.9 Å². The van der Waals surface area contributed by atoms with Crippen molar-refractivity contribution in [2.75, 3.05) is 5.73 Å². The number of nitrogen functional groups attached to an aromatic ring is 1. The van der Waals surface area contributed by atoms with Gasteiger partial charge in [-0.25, -0.2) is 9.50 Å². The van der Waals surface area contributed by atoms with Crippen LogP contribution in [0.4, 0.5) is 5.69 Å². The van der Waals surface area contributed by atoms with E-state index in [9.17, 15) is 4.79 Å². The van der Waals surface area contributed by atoms with E-state index in [0.717, 1.165) is 16.8 Å². The predicted molar refractivity (Wildman–Crippen MR) is 84.4 cm³/mol. The van der Waals surface area contributed by atoms with Crippen molar-refractivity contribution in [3.05, 3.63) is 52.6 Å². The normalized spacial score (nSPS) is 12.0. The Kier molecular flexibility index (Phi) is 2.86. The van der Waals surface area contributed by atoms with Crippen LogP contribution < -0.4 is 11.3 Å². The number of benzene rings is 1. The van der Waals surface area contributed by atoms with Crippen molar-refractivity contribution in [3.63, 3.8) is 0 Å². The summed E-state index contributed by atoms with van der Waals surface area (Å²) in [6, 6.07) is 9.11. The second-order valence-corrected chi connectivity index (χ2v) is 6.20. The molecule has 1 aromatic carbocycles. The molecule has 0 radical (unpaired) electrons. The molecule has 3 rings (SSSR count). The Labute approximate surface area is 122 Å². The summed E-state index contributed by atoms with van der Waals surface area (Å²) in [5.74, 6) is 0. The minimum Gasteiger partial charge on any atom is -0.399 e. The first kappa shape index (κ1) is 13.4. The van der Waals surface area contributed by atoms with Crippen LogP contribution in [-0.2, 0) is 5.41 Å². The highest BCUT2D eigenvalue weighted by Gasteiger charge is 2.19. The second-order valence-electron chi connectivity index (χ2n) is 6.20. The van der Waals surface area contributed by atoms with Gasteiger partial charge in [0.05, 0.1) is 5.69 Å². The predicted octanol–water partition coefficient (Wildman–Crippen LogP) is 2.57. The highest BCUT2D eigenvalue weighted by molar-refractivity contribution is 5.77. The van der Waals surface area contributed by atoms with Crippen LogP contribution in [0.25, 0.3) is 16.8 Å². The maximum absolute atomic E-state index is 12.2. The Morgan fingerprint density at radius 1 is 1.19 bits per heavy atom. The number of rotatable bonds is 1. The summed E-state index contributed by atoms with van der Waals surface area (Å²) in [4.78, 5) is 16.9. The van der Waals surface area contributed by atoms with Crippen LogP contribution in [0.15, 0.2) is 41.3 Å². The number of H-pyrrole nitrogens is 1. The Bertz CT molecular complexity index is 851. The van der Waals surface area contributed by atoms with E-state index in [4.69, 9.17) is 5.73 Å². The van der Waals surface area contributed by atoms with Crippen molar-refractivity contribution in [3.8, 4) is 11.1 Å². The number of aromatic nitrogens is 3. The molecule has 0 saturated heterocycles. The maximum atomic E-state index is 12.2. The fourth-order valence-electron chi connectivity index (χ4n) is 2.24. The lowest BCUT2D eigenvalue weighted by molar-refractivity contribution is 0.566. The Morgan fingerprint density at radius 2 is 1.86 bits per heavy atom. The Balaban J connectivity index is 2.28. The summed E-state index contributed by atoms with van der Waals surface area (Å²) >= 11 is 0. The number of hydrogen-bond acceptors (Lipinski definition) is 3. The zero-order valence-electron chi connectivity index (χ0n) is 12.3. The molecule has 3 N–H and O–H groups in total. The zero-order valence-corrected chi connectivity index (χ0v) is 12.3. The molecule has 0 aliphatic rings. The Morgan fingerprint density at radius 3 is 2.48 bits per heavy atom. The van der Waals surface area contributed by atoms with Gasteiger partial charge >= 0.3 is 0 Å². The highest BCUT2D eigenvalue weighted by Crippen LogP contribution is 2.25. The molecule has 2 heterocycles. The van der Waals surface area contributed by atoms with E-state index in [0.29, 0.717) is 11.3 Å². The number of nitrogens with zero attached hydrogens (tertiary/aromatic N) is 2. The fraction of sp³-hybridized carbons (Fsp3) is 0.250. The van der Waals surface area contributed by atoms with Gasteiger partial charge in [0, 0.05) is 28.9 Å². The van der Waals surface area contributed by atoms with Gasteiger partial charge < -0.3 is 5.73 Å². The number of fused-ring (bicyclic) bond motifs is 1. The van der Waals surface area contributed by atoms with Gasteiger partial charge in [-0.3, -0.25) is 9.89 Å². The molecule has 0 bridgehead atoms. The first-order chi connectivity index (χ1) is 9.86. The van der Waals surface area contributed by atoms with Crippen LogP contribution in [0.5, 0.6) is 0 Å². The van der Waals surface area contributed by atoms with Crippen molar-refractivity contribution in [1.82, 2.24) is 14.6 Å². The van der Waals surface area contributed by atoms with Crippen LogP contribution >= 0.6 is 0 Å². The van der Waals surface area contributed by atoms with Gasteiger partial charge in [0.1, 0.15) is 0 Å². The van der Waals surface area contributed by atoms with Crippen molar-refractivity contribution < 1.29 is 0 Å². The minimum atomic E-state index is -0.177. The van der Waals surface area contributed by atoms with Crippen molar-refractivity contribution in [2.24, 2.45) is 0 Å². The van der Waals surface area contributed by atoms with E-state index >= 15 is 0 Å². The maximum Gasteiger partial charge on any atom is 0.272 e. The summed E-state index contributed by atoms with van der Waals surface area (Å²) in [6.45, 7) is 6.13. The number of aromatic amines is 1. The third-order valence-corrected chi connectivity index (χ3v) is 3.49. The molecule has 0 unspecified atom stereocenters. The van der Waals surface area contributed by atoms with Crippen LogP contribution in [0.3, 0.4) is 0 Å². The molecule has 0 aliphatic heterocycles. The Hall–Kier alpha value is -2.56. The van der Waals surface area contributed by atoms with E-state index in [1.165, 1.54) is 4.52 Å². The summed E-state index contributed by atoms with van der Waals surface area (Å²) in [7, 11) is 0. The molecule has 0 saturated carbocycles. The van der Waals surface area contributed by atoms with Crippen LogP contribution in [-0.4, -0.2) is 14.6 Å². The first-order valence-corrected chi connectivity index (χ1v) is 6.84. The minimum absolute atomic E-state index is 0.105. The van der Waals surface area contributed by atoms with Gasteiger partial charge in [-0.05, 0) is 17.7 Å². The SMILES string of the molecule is CC(C)(C)c1cc(=O)n2[nH]cc(-c3ccc(N)cc3)c2n1. The molecule has 2 aromatic heterocycles. The highest BCUT2D eigenvalue weighted by atomic mass is 16.1. The molecule has 5 heteroatoms. The lowest BCUT2D eigenvalue weighted by atomic mass is 9.92. The lowest BCUT2D eigenvalue weighted by Crippen LogP contribution is -2.22. The summed E-state index contributed by atoms with van der Waals surface area (Å²) in [5, 5.41) is 2.96. The number of nitrogens with two attached hydrogens (primary N) is 1. The number of anilines is 1. The van der Waals surface area contributed by atoms with Crippen molar-refractivity contribution >= 4 is 11.3 Å². The van der Waals surface area contributed by atoms with Crippen molar-refractivity contribution in [1.29, 1.82) is 0 Å². The molecule has 0 amide bonds. The lowest BCUT2D eigenvalue weighted by Gasteiger charge is -2.17. The first-order valence-electron chi connectivity index (χ1n) is 6.84. The standard InChI is InChI=1S/C16H18N4O/c1-16(2,3)13-8-14(21)20-15(19-13)12(9-18-20)10-4-6-11(17)7-5-10/h4-9,18H,17H2,1-3H3. The van der Waals surface area contributed by atoms with E-state index in [-0.39, 0.29) is 11.0 Å². The van der Waals surface area contributed by atoms with Gasteiger partial charge in [-0.2, -0.15) is 0 Å². The quantitative estimate of drug-likeness (QED) is 0.673. The van der Waals surface area contributed by atoms with E-state index < -0.39 is 0 Å². The largest absolute Gasteiger partial charge is 0.399 e.